The molecule has 1 fully saturated rings. The molecule has 0 aliphatic carbocycles. The molecule has 0 bridgehead atoms. The largest absolute Gasteiger partial charge is 0.507 e. The first kappa shape index (κ1) is 12.0. The van der Waals surface area contributed by atoms with Crippen LogP contribution < -0.4 is 0 Å². The fraction of sp³-hybridized carbons (Fsp3) is 0.385. The minimum Gasteiger partial charge on any atom is -0.507 e. The monoisotopic (exact) mass is 262 g/mol. The second kappa shape index (κ2) is 4.89. The van der Waals surface area contributed by atoms with E-state index >= 15 is 0 Å². The van der Waals surface area contributed by atoms with E-state index in [1.807, 2.05) is 0 Å². The number of hydrogen-bond donors (Lipinski definition) is 2. The highest BCUT2D eigenvalue weighted by Crippen LogP contribution is 2.35. The summed E-state index contributed by atoms with van der Waals surface area (Å²) >= 11 is 0. The second-order valence-corrected chi connectivity index (χ2v) is 4.62. The van der Waals surface area contributed by atoms with Gasteiger partial charge < -0.3 is 19.5 Å². The lowest BCUT2D eigenvalue weighted by Gasteiger charge is -2.02. The van der Waals surface area contributed by atoms with E-state index in [2.05, 4.69) is 10.1 Å². The molecular formula is C13H14N2O4. The molecule has 6 heteroatoms. The van der Waals surface area contributed by atoms with Gasteiger partial charge in [0, 0.05) is 19.6 Å². The zero-order valence-electron chi connectivity index (χ0n) is 10.2. The summed E-state index contributed by atoms with van der Waals surface area (Å²) < 4.78 is 10.4. The van der Waals surface area contributed by atoms with Crippen molar-refractivity contribution in [2.24, 2.45) is 5.92 Å². The molecule has 19 heavy (non-hydrogen) atoms. The lowest BCUT2D eigenvalue weighted by molar-refractivity contribution is 0.185. The highest BCUT2D eigenvalue weighted by atomic mass is 16.5. The fourth-order valence-electron chi connectivity index (χ4n) is 2.19. The number of nitrogens with zero attached hydrogens (tertiary/aromatic N) is 2. The van der Waals surface area contributed by atoms with Crippen LogP contribution in [-0.4, -0.2) is 33.6 Å². The molecule has 2 N–H and O–H groups in total. The summed E-state index contributed by atoms with van der Waals surface area (Å²) in [6.07, 6.45) is 1.67. The van der Waals surface area contributed by atoms with Gasteiger partial charge in [-0.25, -0.2) is 0 Å². The third-order valence-corrected chi connectivity index (χ3v) is 3.20. The molecule has 1 atom stereocenters. The highest BCUT2D eigenvalue weighted by Gasteiger charge is 2.21. The maximum atomic E-state index is 9.73. The van der Waals surface area contributed by atoms with E-state index in [0.717, 1.165) is 13.0 Å². The van der Waals surface area contributed by atoms with Gasteiger partial charge in [-0.15, -0.1) is 0 Å². The summed E-state index contributed by atoms with van der Waals surface area (Å²) in [7, 11) is 0. The summed E-state index contributed by atoms with van der Waals surface area (Å²) in [6.45, 7) is 1.49. The summed E-state index contributed by atoms with van der Waals surface area (Å²) in [6, 6.07) is 4.47. The predicted octanol–water partition coefficient (Wildman–Crippen LogP) is 1.73. The van der Waals surface area contributed by atoms with Crippen molar-refractivity contribution >= 4 is 0 Å². The molecule has 0 spiro atoms. The van der Waals surface area contributed by atoms with Gasteiger partial charge in [0.1, 0.15) is 17.1 Å². The van der Waals surface area contributed by atoms with Crippen LogP contribution >= 0.6 is 0 Å². The van der Waals surface area contributed by atoms with Crippen molar-refractivity contribution in [2.75, 3.05) is 13.2 Å². The molecule has 2 heterocycles. The summed E-state index contributed by atoms with van der Waals surface area (Å²) in [4.78, 5) is 4.21. The summed E-state index contributed by atoms with van der Waals surface area (Å²) in [5, 5.41) is 23.3. The minimum atomic E-state index is -0.0839. The number of aromatic hydroxyl groups is 2. The number of phenolic OH excluding ortho intramolecular Hbond substituents is 2. The number of ether oxygens (including phenoxy) is 1. The molecule has 0 radical (unpaired) electrons. The first-order valence-corrected chi connectivity index (χ1v) is 6.15. The van der Waals surface area contributed by atoms with Crippen molar-refractivity contribution < 1.29 is 19.5 Å². The predicted molar refractivity (Wildman–Crippen MR) is 65.7 cm³/mol. The Balaban J connectivity index is 1.84. The van der Waals surface area contributed by atoms with E-state index in [1.54, 1.807) is 6.07 Å². The van der Waals surface area contributed by atoms with Gasteiger partial charge >= 0.3 is 0 Å². The molecule has 3 rings (SSSR count). The van der Waals surface area contributed by atoms with E-state index in [1.165, 1.54) is 12.1 Å². The number of hydrogen-bond acceptors (Lipinski definition) is 6. The van der Waals surface area contributed by atoms with Crippen LogP contribution in [-0.2, 0) is 11.2 Å². The van der Waals surface area contributed by atoms with Crippen LogP contribution in [0, 0.1) is 5.92 Å². The average Bonchev–Trinajstić information content (AvgIpc) is 3.02. The molecule has 0 amide bonds. The van der Waals surface area contributed by atoms with Gasteiger partial charge in [0.25, 0.3) is 5.89 Å². The Morgan fingerprint density at radius 1 is 1.26 bits per heavy atom. The van der Waals surface area contributed by atoms with Gasteiger partial charge in [-0.05, 0) is 24.5 Å². The first-order valence-electron chi connectivity index (χ1n) is 6.15. The van der Waals surface area contributed by atoms with E-state index in [4.69, 9.17) is 9.26 Å². The van der Waals surface area contributed by atoms with Crippen molar-refractivity contribution in [1.82, 2.24) is 10.1 Å². The van der Waals surface area contributed by atoms with E-state index in [9.17, 15) is 10.2 Å². The van der Waals surface area contributed by atoms with Gasteiger partial charge in [0.05, 0.1) is 0 Å². The minimum absolute atomic E-state index is 0.0839. The molecule has 2 aromatic rings. The van der Waals surface area contributed by atoms with Crippen LogP contribution in [0.15, 0.2) is 22.7 Å². The molecule has 1 saturated heterocycles. The molecular weight excluding hydrogens is 248 g/mol. The number of aromatic nitrogens is 2. The van der Waals surface area contributed by atoms with Gasteiger partial charge in [0.2, 0.25) is 0 Å². The Bertz CT molecular complexity index is 556. The van der Waals surface area contributed by atoms with Crippen molar-refractivity contribution in [3.63, 3.8) is 0 Å². The molecule has 1 aliphatic heterocycles. The summed E-state index contributed by atoms with van der Waals surface area (Å²) in [5.41, 5.74) is 0.170. The molecule has 100 valence electrons. The zero-order chi connectivity index (χ0) is 13.2. The smallest absolute Gasteiger partial charge is 0.265 e. The lowest BCUT2D eigenvalue weighted by atomic mass is 10.1. The quantitative estimate of drug-likeness (QED) is 0.875. The van der Waals surface area contributed by atoms with Crippen molar-refractivity contribution in [3.05, 3.63) is 24.0 Å². The Morgan fingerprint density at radius 2 is 2.05 bits per heavy atom. The normalized spacial score (nSPS) is 18.8. The zero-order valence-corrected chi connectivity index (χ0v) is 10.2. The Morgan fingerprint density at radius 3 is 2.74 bits per heavy atom. The Labute approximate surface area is 109 Å². The van der Waals surface area contributed by atoms with Crippen LogP contribution in [0.4, 0.5) is 0 Å². The molecule has 1 aromatic carbocycles. The third-order valence-electron chi connectivity index (χ3n) is 3.20. The Kier molecular flexibility index (Phi) is 3.08. The topological polar surface area (TPSA) is 88.6 Å². The molecule has 1 aliphatic rings. The van der Waals surface area contributed by atoms with Crippen LogP contribution in [0.1, 0.15) is 12.2 Å². The van der Waals surface area contributed by atoms with Crippen LogP contribution in [0.3, 0.4) is 0 Å². The van der Waals surface area contributed by atoms with Crippen LogP contribution in [0.5, 0.6) is 11.5 Å². The molecule has 1 unspecified atom stereocenters. The van der Waals surface area contributed by atoms with Crippen molar-refractivity contribution in [3.8, 4) is 23.0 Å². The maximum absolute atomic E-state index is 9.73. The van der Waals surface area contributed by atoms with E-state index in [0.29, 0.717) is 24.8 Å². The fourth-order valence-corrected chi connectivity index (χ4v) is 2.19. The molecule has 6 nitrogen and oxygen atoms in total. The van der Waals surface area contributed by atoms with Crippen LogP contribution in [0.2, 0.25) is 0 Å². The van der Waals surface area contributed by atoms with E-state index < -0.39 is 0 Å². The average molecular weight is 262 g/mol. The van der Waals surface area contributed by atoms with Gasteiger partial charge in [-0.1, -0.05) is 11.2 Å². The first-order chi connectivity index (χ1) is 9.24. The van der Waals surface area contributed by atoms with Gasteiger partial charge in [-0.2, -0.15) is 4.98 Å². The number of phenols is 2. The number of benzene rings is 1. The second-order valence-electron chi connectivity index (χ2n) is 4.62. The standard InChI is InChI=1S/C13H14N2O4/c16-9-2-1-3-10(17)12(9)13-14-11(15-19-13)6-8-4-5-18-7-8/h1-3,8,16-17H,4-7H2. The lowest BCUT2D eigenvalue weighted by Crippen LogP contribution is -2.04. The molecule has 1 aromatic heterocycles. The highest BCUT2D eigenvalue weighted by molar-refractivity contribution is 5.69. The van der Waals surface area contributed by atoms with Gasteiger partial charge in [0.15, 0.2) is 5.82 Å². The summed E-state index contributed by atoms with van der Waals surface area (Å²) in [5.74, 6) is 0.930. The van der Waals surface area contributed by atoms with E-state index in [-0.39, 0.29) is 23.0 Å². The SMILES string of the molecule is Oc1cccc(O)c1-c1nc(CC2CCOC2)no1. The third kappa shape index (κ3) is 2.39. The van der Waals surface area contributed by atoms with Gasteiger partial charge in [-0.3, -0.25) is 0 Å². The maximum Gasteiger partial charge on any atom is 0.265 e. The number of rotatable bonds is 3. The van der Waals surface area contributed by atoms with Crippen LogP contribution in [0.25, 0.3) is 11.5 Å². The van der Waals surface area contributed by atoms with Crippen molar-refractivity contribution in [2.45, 2.75) is 12.8 Å². The molecule has 0 saturated carbocycles. The Hall–Kier alpha value is -2.08. The van der Waals surface area contributed by atoms with Crippen molar-refractivity contribution in [1.29, 1.82) is 0 Å².